The fourth-order valence-electron chi connectivity index (χ4n) is 5.02. The van der Waals surface area contributed by atoms with Gasteiger partial charge < -0.3 is 14.2 Å². The van der Waals surface area contributed by atoms with Gasteiger partial charge in [0.2, 0.25) is 5.91 Å². The zero-order valence-corrected chi connectivity index (χ0v) is 22.9. The molecule has 0 N–H and O–H groups in total. The number of aryl methyl sites for hydroxylation is 1. The number of nitrogens with zero attached hydrogens (tertiary/aromatic N) is 6. The Labute approximate surface area is 214 Å². The van der Waals surface area contributed by atoms with Crippen molar-refractivity contribution < 1.29 is 9.53 Å². The molecular weight excluding hydrogens is 452 g/mol. The van der Waals surface area contributed by atoms with Gasteiger partial charge in [0.25, 0.3) is 0 Å². The monoisotopic (exact) mass is 492 g/mol. The standard InChI is InChI=1S/C28H40N6O2/c1-19-15-33(18-29-19)23-10-9-20(13-25(23)36-8)22-16-34(31-30-22)24-14-21(28(5,6)7)11-12-32(26(24)35)17-27(2,3)4/h9-10,13,15-16,18,21,24H,11-12,14,17H2,1-8H3/t21-,24-/m1/s1. The van der Waals surface area contributed by atoms with E-state index in [1.165, 1.54) is 0 Å². The van der Waals surface area contributed by atoms with Crippen LogP contribution in [0.15, 0.2) is 36.9 Å². The first-order valence-corrected chi connectivity index (χ1v) is 12.8. The maximum absolute atomic E-state index is 13.8. The summed E-state index contributed by atoms with van der Waals surface area (Å²) in [6.07, 6.45) is 7.39. The van der Waals surface area contributed by atoms with Crippen LogP contribution in [0.4, 0.5) is 0 Å². The molecule has 1 fully saturated rings. The molecule has 194 valence electrons. The quantitative estimate of drug-likeness (QED) is 0.482. The highest BCUT2D eigenvalue weighted by Gasteiger charge is 2.38. The lowest BCUT2D eigenvalue weighted by Crippen LogP contribution is -2.41. The predicted molar refractivity (Wildman–Crippen MR) is 141 cm³/mol. The van der Waals surface area contributed by atoms with Gasteiger partial charge in [0.15, 0.2) is 0 Å². The van der Waals surface area contributed by atoms with Gasteiger partial charge in [-0.3, -0.25) is 4.79 Å². The van der Waals surface area contributed by atoms with Crippen LogP contribution in [0.1, 0.15) is 66.1 Å². The number of imidazole rings is 1. The largest absolute Gasteiger partial charge is 0.495 e. The van der Waals surface area contributed by atoms with Crippen LogP contribution in [-0.4, -0.2) is 55.6 Å². The average molecular weight is 493 g/mol. The molecule has 3 heterocycles. The third kappa shape index (κ3) is 5.63. The number of benzene rings is 1. The summed E-state index contributed by atoms with van der Waals surface area (Å²) in [4.78, 5) is 20.1. The van der Waals surface area contributed by atoms with Gasteiger partial charge in [0.1, 0.15) is 17.5 Å². The molecule has 0 bridgehead atoms. The molecule has 2 atom stereocenters. The van der Waals surface area contributed by atoms with E-state index < -0.39 is 0 Å². The number of hydrogen-bond donors (Lipinski definition) is 0. The Bertz CT molecular complexity index is 1210. The van der Waals surface area contributed by atoms with Crippen molar-refractivity contribution in [1.82, 2.24) is 29.4 Å². The van der Waals surface area contributed by atoms with Gasteiger partial charge in [0.05, 0.1) is 31.0 Å². The number of aromatic nitrogens is 5. The molecule has 2 aromatic heterocycles. The molecule has 1 aromatic carbocycles. The lowest BCUT2D eigenvalue weighted by molar-refractivity contribution is -0.135. The lowest BCUT2D eigenvalue weighted by atomic mass is 9.76. The zero-order chi connectivity index (χ0) is 26.3. The second-order valence-electron chi connectivity index (χ2n) is 12.3. The van der Waals surface area contributed by atoms with E-state index in [-0.39, 0.29) is 22.8 Å². The number of hydrogen-bond acceptors (Lipinski definition) is 5. The van der Waals surface area contributed by atoms with Gasteiger partial charge in [0, 0.05) is 24.8 Å². The van der Waals surface area contributed by atoms with Crippen LogP contribution in [-0.2, 0) is 4.79 Å². The fraction of sp³-hybridized carbons (Fsp3) is 0.571. The molecular formula is C28H40N6O2. The lowest BCUT2D eigenvalue weighted by Gasteiger charge is -2.31. The SMILES string of the molecule is COc1cc(-c2cn([C@@H]3C[C@H](C(C)(C)C)CCN(CC(C)(C)C)C3=O)nn2)ccc1-n1cnc(C)c1. The minimum absolute atomic E-state index is 0.0292. The summed E-state index contributed by atoms with van der Waals surface area (Å²) in [6, 6.07) is 5.58. The summed E-state index contributed by atoms with van der Waals surface area (Å²) >= 11 is 0. The van der Waals surface area contributed by atoms with Crippen LogP contribution in [0.5, 0.6) is 5.75 Å². The highest BCUT2D eigenvalue weighted by Crippen LogP contribution is 2.39. The highest BCUT2D eigenvalue weighted by atomic mass is 16.5. The van der Waals surface area contributed by atoms with Crippen molar-refractivity contribution in [3.63, 3.8) is 0 Å². The third-order valence-corrected chi connectivity index (χ3v) is 7.04. The smallest absolute Gasteiger partial charge is 0.247 e. The summed E-state index contributed by atoms with van der Waals surface area (Å²) < 4.78 is 9.39. The summed E-state index contributed by atoms with van der Waals surface area (Å²) in [5.41, 5.74) is 3.58. The fourth-order valence-corrected chi connectivity index (χ4v) is 5.02. The van der Waals surface area contributed by atoms with Crippen molar-refractivity contribution in [3.8, 4) is 22.7 Å². The van der Waals surface area contributed by atoms with Crippen LogP contribution < -0.4 is 4.74 Å². The molecule has 0 spiro atoms. The molecule has 0 unspecified atom stereocenters. The Kier molecular flexibility index (Phi) is 6.99. The Morgan fingerprint density at radius 3 is 2.47 bits per heavy atom. The van der Waals surface area contributed by atoms with E-state index in [4.69, 9.17) is 4.74 Å². The third-order valence-electron chi connectivity index (χ3n) is 7.04. The van der Waals surface area contributed by atoms with Crippen molar-refractivity contribution in [1.29, 1.82) is 0 Å². The molecule has 0 saturated carbocycles. The van der Waals surface area contributed by atoms with Gasteiger partial charge in [-0.05, 0) is 48.6 Å². The van der Waals surface area contributed by atoms with E-state index in [1.54, 1.807) is 18.1 Å². The normalized spacial score (nSPS) is 19.4. The Morgan fingerprint density at radius 2 is 1.86 bits per heavy atom. The van der Waals surface area contributed by atoms with Crippen molar-refractivity contribution in [2.75, 3.05) is 20.2 Å². The number of carbonyl (C=O) groups excluding carboxylic acids is 1. The van der Waals surface area contributed by atoms with E-state index in [9.17, 15) is 4.79 Å². The van der Waals surface area contributed by atoms with Crippen molar-refractivity contribution in [2.24, 2.45) is 16.7 Å². The Morgan fingerprint density at radius 1 is 1.11 bits per heavy atom. The van der Waals surface area contributed by atoms with E-state index in [0.29, 0.717) is 17.4 Å². The number of amides is 1. The predicted octanol–water partition coefficient (Wildman–Crippen LogP) is 5.32. The summed E-state index contributed by atoms with van der Waals surface area (Å²) in [5.74, 6) is 1.26. The zero-order valence-electron chi connectivity index (χ0n) is 22.9. The topological polar surface area (TPSA) is 78.1 Å². The number of methoxy groups -OCH3 is 1. The van der Waals surface area contributed by atoms with E-state index in [1.807, 2.05) is 47.0 Å². The maximum atomic E-state index is 13.8. The van der Waals surface area contributed by atoms with Crippen molar-refractivity contribution >= 4 is 5.91 Å². The minimum Gasteiger partial charge on any atom is -0.495 e. The molecule has 1 aliphatic heterocycles. The molecule has 0 radical (unpaired) electrons. The minimum atomic E-state index is -0.365. The van der Waals surface area contributed by atoms with Crippen LogP contribution in [0, 0.1) is 23.7 Å². The summed E-state index contributed by atoms with van der Waals surface area (Å²) in [7, 11) is 1.66. The number of likely N-dealkylation sites (tertiary alicyclic amines) is 1. The van der Waals surface area contributed by atoms with Crippen LogP contribution in [0.2, 0.25) is 0 Å². The van der Waals surface area contributed by atoms with Gasteiger partial charge in [-0.25, -0.2) is 9.67 Å². The van der Waals surface area contributed by atoms with Crippen LogP contribution in [0.3, 0.4) is 0 Å². The summed E-state index contributed by atoms with van der Waals surface area (Å²) in [5, 5.41) is 8.92. The second kappa shape index (κ2) is 9.71. The molecule has 36 heavy (non-hydrogen) atoms. The van der Waals surface area contributed by atoms with E-state index in [0.717, 1.165) is 42.9 Å². The van der Waals surface area contributed by atoms with Gasteiger partial charge in [-0.1, -0.05) is 52.8 Å². The van der Waals surface area contributed by atoms with Crippen LogP contribution in [0.25, 0.3) is 16.9 Å². The second-order valence-corrected chi connectivity index (χ2v) is 12.3. The average Bonchev–Trinajstić information content (AvgIpc) is 3.42. The first kappa shape index (κ1) is 25.9. The number of carbonyl (C=O) groups is 1. The van der Waals surface area contributed by atoms with Crippen molar-refractivity contribution in [3.05, 3.63) is 42.6 Å². The van der Waals surface area contributed by atoms with Crippen molar-refractivity contribution in [2.45, 2.75) is 67.3 Å². The molecule has 8 nitrogen and oxygen atoms in total. The van der Waals surface area contributed by atoms with E-state index in [2.05, 4.69) is 56.8 Å². The molecule has 1 amide bonds. The molecule has 1 saturated heterocycles. The molecule has 0 aliphatic carbocycles. The number of ether oxygens (including phenoxy) is 1. The van der Waals surface area contributed by atoms with Gasteiger partial charge >= 0.3 is 0 Å². The number of rotatable bonds is 5. The Hall–Kier alpha value is -3.16. The highest BCUT2D eigenvalue weighted by molar-refractivity contribution is 5.81. The first-order valence-electron chi connectivity index (χ1n) is 12.8. The van der Waals surface area contributed by atoms with E-state index >= 15 is 0 Å². The maximum Gasteiger partial charge on any atom is 0.247 e. The van der Waals surface area contributed by atoms with Gasteiger partial charge in [-0.15, -0.1) is 5.10 Å². The van der Waals surface area contributed by atoms with Crippen LogP contribution >= 0.6 is 0 Å². The first-order chi connectivity index (χ1) is 16.9. The summed E-state index contributed by atoms with van der Waals surface area (Å²) in [6.45, 7) is 16.8. The molecule has 1 aliphatic rings. The molecule has 4 rings (SSSR count). The van der Waals surface area contributed by atoms with Gasteiger partial charge in [-0.2, -0.15) is 0 Å². The molecule has 3 aromatic rings. The molecule has 8 heteroatoms. The Balaban J connectivity index is 1.66.